The molecule has 0 bridgehead atoms. The van der Waals surface area contributed by atoms with Crippen molar-refractivity contribution in [2.45, 2.75) is 56.0 Å². The maximum atomic E-state index is 14.4. The van der Waals surface area contributed by atoms with E-state index in [1.54, 1.807) is 24.5 Å². The average molecular weight is 461 g/mol. The molecule has 1 heterocycles. The van der Waals surface area contributed by atoms with Crippen LogP contribution in [0.4, 0.5) is 8.78 Å². The van der Waals surface area contributed by atoms with Crippen LogP contribution >= 0.6 is 23.4 Å². The summed E-state index contributed by atoms with van der Waals surface area (Å²) < 4.78 is 34.4. The number of hydrogen-bond acceptors (Lipinski definition) is 5. The van der Waals surface area contributed by atoms with Gasteiger partial charge in [-0.2, -0.15) is 0 Å². The fraction of sp³-hybridized carbons (Fsp3) is 0.455. The van der Waals surface area contributed by atoms with Crippen LogP contribution in [0.5, 0.6) is 0 Å². The zero-order chi connectivity index (χ0) is 22.4. The molecule has 0 radical (unpaired) electrons. The molecule has 2 aromatic carbocycles. The van der Waals surface area contributed by atoms with Crippen molar-refractivity contribution >= 4 is 23.4 Å². The lowest BCUT2D eigenvalue weighted by atomic mass is 9.92. The molecule has 4 nitrogen and oxygen atoms in total. The van der Waals surface area contributed by atoms with E-state index >= 15 is 0 Å². The fourth-order valence-electron chi connectivity index (χ4n) is 3.31. The van der Waals surface area contributed by atoms with Crippen molar-refractivity contribution in [3.63, 3.8) is 0 Å². The van der Waals surface area contributed by atoms with Crippen LogP contribution in [0, 0.1) is 11.6 Å². The second kappa shape index (κ2) is 11.4. The molecule has 2 aromatic rings. The van der Waals surface area contributed by atoms with Gasteiger partial charge in [-0.05, 0) is 35.6 Å². The van der Waals surface area contributed by atoms with E-state index in [0.29, 0.717) is 21.0 Å². The van der Waals surface area contributed by atoms with Gasteiger partial charge >= 0.3 is 0 Å². The SMILES string of the molecule is CC.CSc1cc(F)c(Cc2cc([C@H]3CC(O)[C@H](O)[C@@H](CO)O3)ccc2Cl)c(F)c1. The van der Waals surface area contributed by atoms with Gasteiger partial charge in [0, 0.05) is 28.3 Å². The van der Waals surface area contributed by atoms with E-state index in [9.17, 15) is 24.1 Å². The molecule has 30 heavy (non-hydrogen) atoms. The summed E-state index contributed by atoms with van der Waals surface area (Å²) in [6.45, 7) is 3.56. The molecule has 1 aliphatic rings. The van der Waals surface area contributed by atoms with Crippen LogP contribution in [-0.2, 0) is 11.2 Å². The molecular formula is C22H27ClF2O4S. The molecule has 1 unspecified atom stereocenters. The maximum Gasteiger partial charge on any atom is 0.130 e. The Bertz CT molecular complexity index is 829. The summed E-state index contributed by atoms with van der Waals surface area (Å²) in [6.07, 6.45) is -1.90. The van der Waals surface area contributed by atoms with E-state index in [2.05, 4.69) is 0 Å². The predicted octanol–water partition coefficient (Wildman–Crippen LogP) is 4.50. The molecule has 1 saturated heterocycles. The van der Waals surface area contributed by atoms with Crippen LogP contribution in [-0.4, -0.2) is 46.5 Å². The molecular weight excluding hydrogens is 434 g/mol. The Morgan fingerprint density at radius 1 is 1.13 bits per heavy atom. The van der Waals surface area contributed by atoms with E-state index in [1.807, 2.05) is 13.8 Å². The maximum absolute atomic E-state index is 14.4. The lowest BCUT2D eigenvalue weighted by Crippen LogP contribution is -2.47. The topological polar surface area (TPSA) is 69.9 Å². The van der Waals surface area contributed by atoms with Crippen molar-refractivity contribution in [2.75, 3.05) is 12.9 Å². The van der Waals surface area contributed by atoms with Gasteiger partial charge in [-0.25, -0.2) is 8.78 Å². The Hall–Kier alpha value is -1.22. The standard InChI is InChI=1S/C20H21ClF2O4S.C2H6/c1-28-12-6-15(22)13(16(23)7-12)5-11-4-10(2-3-14(11)21)18-8-17(25)20(26)19(9-24)27-18;1-2/h2-4,6-7,17-20,24-26H,5,8-9H2,1H3;1-2H3/t17?,18-,19-,20+;/m1./s1. The van der Waals surface area contributed by atoms with E-state index < -0.39 is 42.7 Å². The van der Waals surface area contributed by atoms with Gasteiger partial charge < -0.3 is 20.1 Å². The first-order chi connectivity index (χ1) is 14.3. The first-order valence-corrected chi connectivity index (χ1v) is 11.4. The molecule has 8 heteroatoms. The number of aliphatic hydroxyl groups excluding tert-OH is 3. The summed E-state index contributed by atoms with van der Waals surface area (Å²) in [5, 5.41) is 29.6. The third-order valence-electron chi connectivity index (χ3n) is 4.91. The van der Waals surface area contributed by atoms with Crippen molar-refractivity contribution in [2.24, 2.45) is 0 Å². The van der Waals surface area contributed by atoms with Gasteiger partial charge in [-0.1, -0.05) is 37.6 Å². The van der Waals surface area contributed by atoms with Gasteiger partial charge in [0.1, 0.15) is 23.8 Å². The monoisotopic (exact) mass is 460 g/mol. The molecule has 0 amide bonds. The predicted molar refractivity (Wildman–Crippen MR) is 115 cm³/mol. The molecule has 0 aromatic heterocycles. The van der Waals surface area contributed by atoms with Gasteiger partial charge in [0.25, 0.3) is 0 Å². The van der Waals surface area contributed by atoms with Crippen LogP contribution in [0.15, 0.2) is 35.2 Å². The summed E-state index contributed by atoms with van der Waals surface area (Å²) in [6, 6.07) is 7.54. The molecule has 0 aliphatic carbocycles. The fourth-order valence-corrected chi connectivity index (χ4v) is 3.93. The van der Waals surface area contributed by atoms with Gasteiger partial charge in [-0.15, -0.1) is 11.8 Å². The summed E-state index contributed by atoms with van der Waals surface area (Å²) in [5.74, 6) is -1.28. The van der Waals surface area contributed by atoms with Crippen molar-refractivity contribution in [1.82, 2.24) is 0 Å². The van der Waals surface area contributed by atoms with Crippen LogP contribution in [0.2, 0.25) is 5.02 Å². The number of hydrogen-bond donors (Lipinski definition) is 3. The summed E-state index contributed by atoms with van der Waals surface area (Å²) in [7, 11) is 0. The van der Waals surface area contributed by atoms with Crippen LogP contribution in [0.1, 0.15) is 43.1 Å². The van der Waals surface area contributed by atoms with Crippen molar-refractivity contribution < 1.29 is 28.8 Å². The van der Waals surface area contributed by atoms with E-state index in [1.165, 1.54) is 23.9 Å². The third-order valence-corrected chi connectivity index (χ3v) is 5.98. The minimum absolute atomic E-state index is 0.0413. The van der Waals surface area contributed by atoms with Gasteiger partial charge in [0.2, 0.25) is 0 Å². The number of ether oxygens (including phenoxy) is 1. The summed E-state index contributed by atoms with van der Waals surface area (Å²) in [4.78, 5) is 0.497. The third kappa shape index (κ3) is 5.72. The Morgan fingerprint density at radius 2 is 1.77 bits per heavy atom. The lowest BCUT2D eigenvalue weighted by Gasteiger charge is -2.36. The van der Waals surface area contributed by atoms with Crippen LogP contribution < -0.4 is 0 Å². The normalized spacial score (nSPS) is 23.6. The van der Waals surface area contributed by atoms with E-state index in [4.69, 9.17) is 16.3 Å². The average Bonchev–Trinajstić information content (AvgIpc) is 2.75. The number of thioether (sulfide) groups is 1. The van der Waals surface area contributed by atoms with Crippen molar-refractivity contribution in [1.29, 1.82) is 0 Å². The lowest BCUT2D eigenvalue weighted by molar-refractivity contribution is -0.181. The second-order valence-corrected chi connectivity index (χ2v) is 8.02. The highest BCUT2D eigenvalue weighted by molar-refractivity contribution is 7.98. The second-order valence-electron chi connectivity index (χ2n) is 6.74. The first kappa shape index (κ1) is 25.0. The molecule has 3 rings (SSSR count). The largest absolute Gasteiger partial charge is 0.394 e. The molecule has 1 aliphatic heterocycles. The minimum atomic E-state index is -1.17. The van der Waals surface area contributed by atoms with Crippen molar-refractivity contribution in [3.8, 4) is 0 Å². The summed E-state index contributed by atoms with van der Waals surface area (Å²) in [5.41, 5.74) is 1.08. The molecule has 3 N–H and O–H groups in total. The summed E-state index contributed by atoms with van der Waals surface area (Å²) >= 11 is 7.49. The molecule has 4 atom stereocenters. The van der Waals surface area contributed by atoms with Gasteiger partial charge in [-0.3, -0.25) is 0 Å². The van der Waals surface area contributed by atoms with E-state index in [0.717, 1.165) is 0 Å². The Morgan fingerprint density at radius 3 is 2.33 bits per heavy atom. The Balaban J connectivity index is 0.00000155. The van der Waals surface area contributed by atoms with Crippen LogP contribution in [0.3, 0.4) is 0 Å². The molecule has 1 fully saturated rings. The highest BCUT2D eigenvalue weighted by atomic mass is 35.5. The number of halogens is 3. The molecule has 0 saturated carbocycles. The molecule has 0 spiro atoms. The zero-order valence-electron chi connectivity index (χ0n) is 17.1. The number of aliphatic hydroxyl groups is 3. The van der Waals surface area contributed by atoms with Gasteiger partial charge in [0.15, 0.2) is 0 Å². The quantitative estimate of drug-likeness (QED) is 0.573. The van der Waals surface area contributed by atoms with Gasteiger partial charge in [0.05, 0.1) is 18.8 Å². The van der Waals surface area contributed by atoms with E-state index in [-0.39, 0.29) is 18.4 Å². The first-order valence-electron chi connectivity index (χ1n) is 9.76. The smallest absolute Gasteiger partial charge is 0.130 e. The highest BCUT2D eigenvalue weighted by Crippen LogP contribution is 2.34. The Labute approximate surface area is 184 Å². The van der Waals surface area contributed by atoms with Crippen LogP contribution in [0.25, 0.3) is 0 Å². The minimum Gasteiger partial charge on any atom is -0.394 e. The zero-order valence-corrected chi connectivity index (χ0v) is 18.7. The van der Waals surface area contributed by atoms with Crippen molar-refractivity contribution in [3.05, 3.63) is 63.7 Å². The number of rotatable bonds is 5. The highest BCUT2D eigenvalue weighted by Gasteiger charge is 2.37. The Kier molecular flexibility index (Phi) is 9.53. The number of benzene rings is 2. The molecule has 166 valence electrons.